The second-order valence-corrected chi connectivity index (χ2v) is 6.52. The highest BCUT2D eigenvalue weighted by Crippen LogP contribution is 2.20. The van der Waals surface area contributed by atoms with Crippen LogP contribution in [0.15, 0.2) is 59.5 Å². The Labute approximate surface area is 164 Å². The van der Waals surface area contributed by atoms with E-state index in [4.69, 9.17) is 11.6 Å². The zero-order chi connectivity index (χ0) is 19.7. The molecule has 0 spiro atoms. The largest absolute Gasteiger partial charge is 0.363 e. The summed E-state index contributed by atoms with van der Waals surface area (Å²) in [7, 11) is 0. The summed E-state index contributed by atoms with van der Waals surface area (Å²) in [6, 6.07) is 12.9. The van der Waals surface area contributed by atoms with Crippen molar-refractivity contribution < 1.29 is 4.39 Å². The number of rotatable bonds is 4. The summed E-state index contributed by atoms with van der Waals surface area (Å²) in [4.78, 5) is 26.1. The SMILES string of the molecule is Cc1cccc(NCc2nc3ccc(F)cc3c(=O)n2-c2cccnc2Cl)n1. The average Bonchev–Trinajstić information content (AvgIpc) is 2.68. The zero-order valence-electron chi connectivity index (χ0n) is 14.9. The van der Waals surface area contributed by atoms with Crippen LogP contribution < -0.4 is 10.9 Å². The molecule has 28 heavy (non-hydrogen) atoms. The molecule has 3 aromatic heterocycles. The smallest absolute Gasteiger partial charge is 0.266 e. The molecule has 1 N–H and O–H groups in total. The van der Waals surface area contributed by atoms with Gasteiger partial charge in [-0.1, -0.05) is 17.7 Å². The molecule has 0 aliphatic rings. The Morgan fingerprint density at radius 1 is 1.14 bits per heavy atom. The van der Waals surface area contributed by atoms with Crippen molar-refractivity contribution in [3.05, 3.63) is 87.6 Å². The average molecular weight is 396 g/mol. The Balaban J connectivity index is 1.88. The predicted octanol–water partition coefficient (Wildman–Crippen LogP) is 3.89. The van der Waals surface area contributed by atoms with Crippen molar-refractivity contribution in [3.8, 4) is 5.69 Å². The van der Waals surface area contributed by atoms with Crippen molar-refractivity contribution in [2.45, 2.75) is 13.5 Å². The number of halogens is 2. The van der Waals surface area contributed by atoms with E-state index in [1.165, 1.54) is 29.0 Å². The number of pyridine rings is 2. The molecular formula is C20H15ClFN5O. The lowest BCUT2D eigenvalue weighted by molar-refractivity contribution is 0.629. The first-order valence-corrected chi connectivity index (χ1v) is 8.90. The first kappa shape index (κ1) is 18.1. The van der Waals surface area contributed by atoms with Gasteiger partial charge in [0.05, 0.1) is 23.1 Å². The summed E-state index contributed by atoms with van der Waals surface area (Å²) in [5.41, 5.74) is 1.21. The lowest BCUT2D eigenvalue weighted by Gasteiger charge is -2.15. The fraction of sp³-hybridized carbons (Fsp3) is 0.100. The number of nitrogens with zero attached hydrogens (tertiary/aromatic N) is 4. The molecule has 0 amide bonds. The lowest BCUT2D eigenvalue weighted by atomic mass is 10.2. The van der Waals surface area contributed by atoms with Gasteiger partial charge in [0.1, 0.15) is 17.5 Å². The molecule has 140 valence electrons. The van der Waals surface area contributed by atoms with Gasteiger partial charge in [0.25, 0.3) is 5.56 Å². The molecule has 1 aromatic carbocycles. The van der Waals surface area contributed by atoms with Crippen LogP contribution >= 0.6 is 11.6 Å². The van der Waals surface area contributed by atoms with Crippen LogP contribution in [0.1, 0.15) is 11.5 Å². The van der Waals surface area contributed by atoms with Gasteiger partial charge in [-0.2, -0.15) is 0 Å². The van der Waals surface area contributed by atoms with Crippen LogP contribution in [-0.4, -0.2) is 19.5 Å². The van der Waals surface area contributed by atoms with Crippen molar-refractivity contribution in [1.29, 1.82) is 0 Å². The number of fused-ring (bicyclic) bond motifs is 1. The lowest BCUT2D eigenvalue weighted by Crippen LogP contribution is -2.26. The summed E-state index contributed by atoms with van der Waals surface area (Å²) in [6.45, 7) is 2.10. The van der Waals surface area contributed by atoms with Crippen LogP contribution in [0, 0.1) is 12.7 Å². The van der Waals surface area contributed by atoms with E-state index in [1.54, 1.807) is 12.1 Å². The Hall–Kier alpha value is -3.32. The summed E-state index contributed by atoms with van der Waals surface area (Å²) >= 11 is 6.22. The molecule has 4 rings (SSSR count). The highest BCUT2D eigenvalue weighted by atomic mass is 35.5. The summed E-state index contributed by atoms with van der Waals surface area (Å²) in [6.07, 6.45) is 1.53. The first-order chi connectivity index (χ1) is 13.5. The van der Waals surface area contributed by atoms with Crippen LogP contribution in [0.5, 0.6) is 0 Å². The molecule has 4 aromatic rings. The first-order valence-electron chi connectivity index (χ1n) is 8.52. The van der Waals surface area contributed by atoms with Crippen LogP contribution in [-0.2, 0) is 6.54 Å². The van der Waals surface area contributed by atoms with Gasteiger partial charge in [-0.25, -0.2) is 19.3 Å². The highest BCUT2D eigenvalue weighted by Gasteiger charge is 2.16. The normalized spacial score (nSPS) is 11.0. The summed E-state index contributed by atoms with van der Waals surface area (Å²) in [5, 5.41) is 3.48. The second-order valence-electron chi connectivity index (χ2n) is 6.16. The minimum atomic E-state index is -0.509. The monoisotopic (exact) mass is 395 g/mol. The number of anilines is 1. The van der Waals surface area contributed by atoms with E-state index in [0.29, 0.717) is 22.8 Å². The second kappa shape index (κ2) is 7.36. The maximum Gasteiger partial charge on any atom is 0.266 e. The third kappa shape index (κ3) is 3.44. The molecule has 0 saturated carbocycles. The minimum Gasteiger partial charge on any atom is -0.363 e. The standard InChI is InChI=1S/C20H15ClFN5O/c1-12-4-2-6-17(25-12)24-11-18-26-15-8-7-13(22)10-14(15)20(28)27(18)16-5-3-9-23-19(16)21/h2-10H,11H2,1H3,(H,24,25). The van der Waals surface area contributed by atoms with Crippen molar-refractivity contribution >= 4 is 28.3 Å². The number of hydrogen-bond acceptors (Lipinski definition) is 5. The van der Waals surface area contributed by atoms with E-state index in [2.05, 4.69) is 20.3 Å². The molecule has 0 bridgehead atoms. The highest BCUT2D eigenvalue weighted by molar-refractivity contribution is 6.31. The molecule has 0 saturated heterocycles. The molecule has 8 heteroatoms. The maximum absolute atomic E-state index is 13.7. The Morgan fingerprint density at radius 3 is 2.79 bits per heavy atom. The van der Waals surface area contributed by atoms with E-state index in [1.807, 2.05) is 25.1 Å². The van der Waals surface area contributed by atoms with Gasteiger partial charge >= 0.3 is 0 Å². The third-order valence-electron chi connectivity index (χ3n) is 4.20. The van der Waals surface area contributed by atoms with Crippen LogP contribution in [0.25, 0.3) is 16.6 Å². The van der Waals surface area contributed by atoms with Gasteiger partial charge in [0.15, 0.2) is 5.15 Å². The summed E-state index contributed by atoms with van der Waals surface area (Å²) in [5.74, 6) is 0.546. The van der Waals surface area contributed by atoms with Gasteiger partial charge in [-0.05, 0) is 49.4 Å². The fourth-order valence-corrected chi connectivity index (χ4v) is 3.13. The molecule has 0 unspecified atom stereocenters. The van der Waals surface area contributed by atoms with Crippen molar-refractivity contribution in [2.24, 2.45) is 0 Å². The van der Waals surface area contributed by atoms with Crippen LogP contribution in [0.4, 0.5) is 10.2 Å². The van der Waals surface area contributed by atoms with Gasteiger partial charge in [-0.3, -0.25) is 9.36 Å². The van der Waals surface area contributed by atoms with Gasteiger partial charge in [-0.15, -0.1) is 0 Å². The van der Waals surface area contributed by atoms with E-state index in [-0.39, 0.29) is 17.1 Å². The van der Waals surface area contributed by atoms with E-state index in [9.17, 15) is 9.18 Å². The Morgan fingerprint density at radius 2 is 2.00 bits per heavy atom. The minimum absolute atomic E-state index is 0.150. The molecular weight excluding hydrogens is 381 g/mol. The molecule has 0 aliphatic heterocycles. The topological polar surface area (TPSA) is 72.7 Å². The molecule has 3 heterocycles. The van der Waals surface area contributed by atoms with Crippen molar-refractivity contribution in [3.63, 3.8) is 0 Å². The molecule has 0 radical (unpaired) electrons. The van der Waals surface area contributed by atoms with Crippen molar-refractivity contribution in [2.75, 3.05) is 5.32 Å². The van der Waals surface area contributed by atoms with E-state index in [0.717, 1.165) is 5.69 Å². The maximum atomic E-state index is 13.7. The predicted molar refractivity (Wildman–Crippen MR) is 106 cm³/mol. The van der Waals surface area contributed by atoms with Gasteiger partial charge in [0.2, 0.25) is 0 Å². The number of aromatic nitrogens is 4. The van der Waals surface area contributed by atoms with E-state index < -0.39 is 11.4 Å². The number of hydrogen-bond donors (Lipinski definition) is 1. The Bertz CT molecular complexity index is 1240. The molecule has 6 nitrogen and oxygen atoms in total. The number of aryl methyl sites for hydroxylation is 1. The summed E-state index contributed by atoms with van der Waals surface area (Å²) < 4.78 is 15.1. The Kier molecular flexibility index (Phi) is 4.75. The van der Waals surface area contributed by atoms with Gasteiger partial charge in [0, 0.05) is 11.9 Å². The van der Waals surface area contributed by atoms with Crippen LogP contribution in [0.3, 0.4) is 0 Å². The molecule has 0 atom stereocenters. The van der Waals surface area contributed by atoms with E-state index >= 15 is 0 Å². The zero-order valence-corrected chi connectivity index (χ0v) is 15.6. The molecule has 0 fully saturated rings. The molecule has 0 aliphatic carbocycles. The fourth-order valence-electron chi connectivity index (χ4n) is 2.93. The van der Waals surface area contributed by atoms with Gasteiger partial charge < -0.3 is 5.32 Å². The quantitative estimate of drug-likeness (QED) is 0.531. The third-order valence-corrected chi connectivity index (χ3v) is 4.49. The van der Waals surface area contributed by atoms with Crippen molar-refractivity contribution in [1.82, 2.24) is 19.5 Å². The number of benzene rings is 1. The number of nitrogens with one attached hydrogen (secondary N) is 1. The van der Waals surface area contributed by atoms with Crippen LogP contribution in [0.2, 0.25) is 5.15 Å².